The number of para-hydroxylation sites is 2. The zero-order chi connectivity index (χ0) is 25.2. The van der Waals surface area contributed by atoms with Crippen molar-refractivity contribution >= 4 is 40.6 Å². The number of hydrogen-bond donors (Lipinski definition) is 2. The summed E-state index contributed by atoms with van der Waals surface area (Å²) in [5, 5.41) is 14.7. The minimum atomic E-state index is -1.03. The van der Waals surface area contributed by atoms with E-state index >= 15 is 0 Å². The molecule has 1 atom stereocenters. The Balaban J connectivity index is 1.33. The molecule has 2 aliphatic heterocycles. The smallest absolute Gasteiger partial charge is 0.317 e. The van der Waals surface area contributed by atoms with E-state index in [0.29, 0.717) is 35.5 Å². The summed E-state index contributed by atoms with van der Waals surface area (Å²) in [5.41, 5.74) is 4.49. The zero-order valence-electron chi connectivity index (χ0n) is 19.7. The average molecular weight is 515 g/mol. The molecular formula is C27H23ClN6O3. The van der Waals surface area contributed by atoms with Gasteiger partial charge in [0.1, 0.15) is 0 Å². The van der Waals surface area contributed by atoms with Crippen LogP contribution in [0.25, 0.3) is 11.5 Å². The first-order valence-electron chi connectivity index (χ1n) is 11.9. The van der Waals surface area contributed by atoms with Crippen LogP contribution in [-0.2, 0) is 9.53 Å². The van der Waals surface area contributed by atoms with Crippen LogP contribution in [0.4, 0.5) is 17.4 Å². The number of carbonyl (C=O) groups is 1. The van der Waals surface area contributed by atoms with Crippen LogP contribution in [0.1, 0.15) is 11.1 Å². The van der Waals surface area contributed by atoms with Gasteiger partial charge in [-0.25, -0.2) is 4.99 Å². The molecule has 3 aromatic carbocycles. The average Bonchev–Trinajstić information content (AvgIpc) is 3.36. The number of aromatic nitrogens is 2. The summed E-state index contributed by atoms with van der Waals surface area (Å²) in [6, 6.07) is 23.0. The second-order valence-corrected chi connectivity index (χ2v) is 8.98. The Morgan fingerprint density at radius 3 is 2.51 bits per heavy atom. The normalized spacial score (nSPS) is 17.4. The molecule has 9 nitrogen and oxygen atoms in total. The molecule has 186 valence electrons. The highest BCUT2D eigenvalue weighted by molar-refractivity contribution is 6.36. The van der Waals surface area contributed by atoms with Gasteiger partial charge in [0, 0.05) is 29.9 Å². The van der Waals surface area contributed by atoms with Crippen molar-refractivity contribution in [2.45, 2.75) is 6.17 Å². The predicted octanol–water partition coefficient (Wildman–Crippen LogP) is 4.45. The van der Waals surface area contributed by atoms with Gasteiger partial charge in [-0.3, -0.25) is 4.79 Å². The van der Waals surface area contributed by atoms with E-state index in [9.17, 15) is 4.79 Å². The SMILES string of the molecule is O=C1Nc2c(Cl)cccc2C(c2ccccc2)=NC1Nc1nnc(-c2ccccc2N2CCOCC2)o1. The number of morpholine rings is 1. The van der Waals surface area contributed by atoms with Crippen LogP contribution < -0.4 is 15.5 Å². The Morgan fingerprint density at radius 1 is 0.919 bits per heavy atom. The lowest BCUT2D eigenvalue weighted by Gasteiger charge is -2.29. The van der Waals surface area contributed by atoms with Gasteiger partial charge in [-0.1, -0.05) is 71.3 Å². The maximum Gasteiger partial charge on any atom is 0.317 e. The number of aliphatic imine (C=N–C) groups is 1. The second kappa shape index (κ2) is 10.0. The summed E-state index contributed by atoms with van der Waals surface area (Å²) >= 11 is 6.45. The minimum Gasteiger partial charge on any atom is -0.403 e. The number of anilines is 3. The molecule has 1 unspecified atom stereocenters. The Bertz CT molecular complexity index is 1470. The standard InChI is InChI=1S/C27H23ClN6O3/c28-20-11-6-10-19-22(17-7-2-1-3-8-17)29-24(25(35)30-23(19)20)31-27-33-32-26(37-27)18-9-4-5-12-21(18)34-13-15-36-16-14-34/h1-12,24H,13-16H2,(H,30,35)(H,31,33). The Labute approximate surface area is 218 Å². The first-order valence-corrected chi connectivity index (χ1v) is 12.3. The molecule has 0 saturated carbocycles. The lowest BCUT2D eigenvalue weighted by Crippen LogP contribution is -2.36. The molecule has 1 aromatic heterocycles. The van der Waals surface area contributed by atoms with Gasteiger partial charge >= 0.3 is 6.01 Å². The number of amides is 1. The molecule has 1 saturated heterocycles. The number of nitrogens with zero attached hydrogens (tertiary/aromatic N) is 4. The fraction of sp³-hybridized carbons (Fsp3) is 0.185. The fourth-order valence-corrected chi connectivity index (χ4v) is 4.68. The molecule has 1 amide bonds. The van der Waals surface area contributed by atoms with Crippen LogP contribution >= 0.6 is 11.6 Å². The molecule has 0 bridgehead atoms. The number of carbonyl (C=O) groups excluding carboxylic acids is 1. The number of fused-ring (bicyclic) bond motifs is 1. The van der Waals surface area contributed by atoms with Crippen LogP contribution in [-0.4, -0.2) is 54.3 Å². The van der Waals surface area contributed by atoms with Crippen LogP contribution in [0.2, 0.25) is 5.02 Å². The number of halogens is 1. The van der Waals surface area contributed by atoms with Crippen molar-refractivity contribution in [1.29, 1.82) is 0 Å². The highest BCUT2D eigenvalue weighted by Crippen LogP contribution is 2.33. The van der Waals surface area contributed by atoms with Crippen molar-refractivity contribution in [3.8, 4) is 11.5 Å². The number of benzene rings is 3. The lowest BCUT2D eigenvalue weighted by molar-refractivity contribution is -0.116. The van der Waals surface area contributed by atoms with Gasteiger partial charge in [-0.05, 0) is 18.2 Å². The lowest BCUT2D eigenvalue weighted by atomic mass is 10.0. The molecule has 3 heterocycles. The van der Waals surface area contributed by atoms with Gasteiger partial charge in [0.05, 0.1) is 35.2 Å². The summed E-state index contributed by atoms with van der Waals surface area (Å²) in [6.45, 7) is 2.88. The molecule has 4 aromatic rings. The van der Waals surface area contributed by atoms with E-state index < -0.39 is 12.1 Å². The van der Waals surface area contributed by atoms with Crippen molar-refractivity contribution < 1.29 is 13.9 Å². The van der Waals surface area contributed by atoms with Crippen LogP contribution in [0.5, 0.6) is 0 Å². The molecule has 6 rings (SSSR count). The Hall–Kier alpha value is -4.21. The van der Waals surface area contributed by atoms with E-state index in [-0.39, 0.29) is 6.01 Å². The molecule has 0 radical (unpaired) electrons. The maximum absolute atomic E-state index is 13.2. The van der Waals surface area contributed by atoms with Gasteiger partial charge in [-0.2, -0.15) is 0 Å². The van der Waals surface area contributed by atoms with Crippen molar-refractivity contribution in [1.82, 2.24) is 10.2 Å². The molecule has 1 fully saturated rings. The summed E-state index contributed by atoms with van der Waals surface area (Å²) < 4.78 is 11.5. The third-order valence-electron chi connectivity index (χ3n) is 6.24. The van der Waals surface area contributed by atoms with Crippen molar-refractivity contribution in [3.63, 3.8) is 0 Å². The number of benzodiazepines with no additional fused rings is 1. The summed E-state index contributed by atoms with van der Waals surface area (Å²) in [4.78, 5) is 20.2. The second-order valence-electron chi connectivity index (χ2n) is 8.57. The van der Waals surface area contributed by atoms with E-state index in [1.165, 1.54) is 0 Å². The fourth-order valence-electron chi connectivity index (χ4n) is 4.46. The van der Waals surface area contributed by atoms with Crippen LogP contribution in [0.15, 0.2) is 82.2 Å². The summed E-state index contributed by atoms with van der Waals surface area (Å²) in [6.07, 6.45) is -1.03. The van der Waals surface area contributed by atoms with Gasteiger partial charge in [0.15, 0.2) is 0 Å². The van der Waals surface area contributed by atoms with E-state index in [4.69, 9.17) is 25.7 Å². The Morgan fingerprint density at radius 2 is 1.68 bits per heavy atom. The molecule has 2 aliphatic rings. The number of rotatable bonds is 5. The predicted molar refractivity (Wildman–Crippen MR) is 142 cm³/mol. The maximum atomic E-state index is 13.2. The third-order valence-corrected chi connectivity index (χ3v) is 6.56. The van der Waals surface area contributed by atoms with Gasteiger partial charge in [0.2, 0.25) is 6.17 Å². The van der Waals surface area contributed by atoms with Crippen molar-refractivity contribution in [3.05, 3.63) is 88.9 Å². The highest BCUT2D eigenvalue weighted by atomic mass is 35.5. The highest BCUT2D eigenvalue weighted by Gasteiger charge is 2.29. The summed E-state index contributed by atoms with van der Waals surface area (Å²) in [7, 11) is 0. The largest absolute Gasteiger partial charge is 0.403 e. The summed E-state index contributed by atoms with van der Waals surface area (Å²) in [5.74, 6) is -0.0500. The van der Waals surface area contributed by atoms with Gasteiger partial charge in [-0.15, -0.1) is 5.10 Å². The molecule has 2 N–H and O–H groups in total. The number of ether oxygens (including phenoxy) is 1. The monoisotopic (exact) mass is 514 g/mol. The van der Waals surface area contributed by atoms with E-state index in [0.717, 1.165) is 35.5 Å². The topological polar surface area (TPSA) is 105 Å². The van der Waals surface area contributed by atoms with E-state index in [2.05, 4.69) is 25.7 Å². The first-order chi connectivity index (χ1) is 18.2. The van der Waals surface area contributed by atoms with E-state index in [1.54, 1.807) is 6.07 Å². The molecule has 0 spiro atoms. The molecular weight excluding hydrogens is 492 g/mol. The van der Waals surface area contributed by atoms with Gasteiger partial charge < -0.3 is 24.7 Å². The van der Waals surface area contributed by atoms with Crippen LogP contribution in [0, 0.1) is 0 Å². The molecule has 0 aliphatic carbocycles. The number of hydrogen-bond acceptors (Lipinski definition) is 8. The van der Waals surface area contributed by atoms with Crippen molar-refractivity contribution in [2.24, 2.45) is 4.99 Å². The molecule has 37 heavy (non-hydrogen) atoms. The number of nitrogens with one attached hydrogen (secondary N) is 2. The van der Waals surface area contributed by atoms with E-state index in [1.807, 2.05) is 66.7 Å². The minimum absolute atomic E-state index is 0.0835. The molecule has 10 heteroatoms. The van der Waals surface area contributed by atoms with Crippen molar-refractivity contribution in [2.75, 3.05) is 41.8 Å². The third kappa shape index (κ3) is 4.66. The Kier molecular flexibility index (Phi) is 6.30. The van der Waals surface area contributed by atoms with Gasteiger partial charge in [0.25, 0.3) is 11.8 Å². The van der Waals surface area contributed by atoms with Crippen LogP contribution in [0.3, 0.4) is 0 Å². The zero-order valence-corrected chi connectivity index (χ0v) is 20.5. The quantitative estimate of drug-likeness (QED) is 0.405. The first kappa shape index (κ1) is 23.2.